The summed E-state index contributed by atoms with van der Waals surface area (Å²) in [7, 11) is -0.985. The van der Waals surface area contributed by atoms with Gasteiger partial charge < -0.3 is 0 Å². The summed E-state index contributed by atoms with van der Waals surface area (Å²) >= 11 is 0. The summed E-state index contributed by atoms with van der Waals surface area (Å²) in [5.74, 6) is 0.772. The lowest BCUT2D eigenvalue weighted by molar-refractivity contribution is 0.419. The van der Waals surface area contributed by atoms with Gasteiger partial charge in [0.25, 0.3) is 0 Å². The van der Waals surface area contributed by atoms with Crippen molar-refractivity contribution >= 4 is 24.9 Å². The molecule has 0 radical (unpaired) electrons. The molecule has 0 spiro atoms. The van der Waals surface area contributed by atoms with Crippen molar-refractivity contribution in [1.29, 1.82) is 0 Å². The van der Waals surface area contributed by atoms with Crippen molar-refractivity contribution in [2.75, 3.05) is 0 Å². The van der Waals surface area contributed by atoms with Crippen LogP contribution in [0.3, 0.4) is 0 Å². The molecule has 3 rings (SSSR count). The van der Waals surface area contributed by atoms with Gasteiger partial charge in [0.1, 0.15) is 0 Å². The van der Waals surface area contributed by atoms with E-state index in [1.165, 1.54) is 35.7 Å². The van der Waals surface area contributed by atoms with Crippen LogP contribution in [0.4, 0.5) is 0 Å². The molecular weight excluding hydrogens is 270 g/mol. The fourth-order valence-corrected chi connectivity index (χ4v) is 7.79. The molecule has 0 bridgehead atoms. The predicted octanol–water partition coefficient (Wildman–Crippen LogP) is 4.76. The highest BCUT2D eigenvalue weighted by Gasteiger charge is 2.25. The first-order valence-corrected chi connectivity index (χ1v) is 10.4. The zero-order chi connectivity index (χ0) is 15.0. The molecule has 1 saturated carbocycles. The Hall–Kier alpha value is -1.15. The third-order valence-electron chi connectivity index (χ3n) is 5.14. The van der Waals surface area contributed by atoms with E-state index in [9.17, 15) is 0 Å². The van der Waals surface area contributed by atoms with Gasteiger partial charge in [0.2, 0.25) is 0 Å². The lowest BCUT2D eigenvalue weighted by atomic mass is 9.80. The first kappa shape index (κ1) is 14.8. The maximum Gasteiger partial charge on any atom is 0.0787 e. The molecule has 112 valence electrons. The first-order chi connectivity index (χ1) is 10.1. The van der Waals surface area contributed by atoms with Crippen LogP contribution in [0.5, 0.6) is 0 Å². The van der Waals surface area contributed by atoms with E-state index in [0.29, 0.717) is 0 Å². The van der Waals surface area contributed by atoms with E-state index < -0.39 is 8.80 Å². The molecule has 2 heteroatoms. The molecule has 2 aromatic rings. The van der Waals surface area contributed by atoms with Gasteiger partial charge in [-0.2, -0.15) is 0 Å². The maximum atomic E-state index is 4.90. The minimum atomic E-state index is -0.985. The number of nitrogens with zero attached hydrogens (tertiary/aromatic N) is 1. The van der Waals surface area contributed by atoms with Crippen molar-refractivity contribution in [2.24, 2.45) is 0 Å². The van der Waals surface area contributed by atoms with Crippen molar-refractivity contribution in [2.45, 2.75) is 64.0 Å². The van der Waals surface area contributed by atoms with E-state index in [1.54, 1.807) is 5.19 Å². The molecule has 1 aromatic heterocycles. The van der Waals surface area contributed by atoms with Crippen LogP contribution in [-0.4, -0.2) is 13.8 Å². The van der Waals surface area contributed by atoms with Crippen LogP contribution in [0.1, 0.15) is 58.4 Å². The van der Waals surface area contributed by atoms with E-state index >= 15 is 0 Å². The van der Waals surface area contributed by atoms with Crippen molar-refractivity contribution in [1.82, 2.24) is 4.98 Å². The molecule has 1 heterocycles. The summed E-state index contributed by atoms with van der Waals surface area (Å²) in [6, 6.07) is 9.24. The average Bonchev–Trinajstić information content (AvgIpc) is 2.36. The molecule has 0 atom stereocenters. The van der Waals surface area contributed by atoms with E-state index in [4.69, 9.17) is 4.98 Å². The Bertz CT molecular complexity index is 620. The smallest absolute Gasteiger partial charge is 0.0787 e. The van der Waals surface area contributed by atoms with Gasteiger partial charge in [0, 0.05) is 11.6 Å². The van der Waals surface area contributed by atoms with E-state index in [0.717, 1.165) is 17.0 Å². The van der Waals surface area contributed by atoms with Gasteiger partial charge in [-0.1, -0.05) is 52.3 Å². The summed E-state index contributed by atoms with van der Waals surface area (Å²) in [5, 5.41) is 2.92. The number of hydrogen-bond donors (Lipinski definition) is 0. The minimum Gasteiger partial charge on any atom is -0.256 e. The van der Waals surface area contributed by atoms with E-state index in [1.807, 2.05) is 0 Å². The van der Waals surface area contributed by atoms with Crippen molar-refractivity contribution < 1.29 is 0 Å². The fourth-order valence-electron chi connectivity index (χ4n) is 3.92. The monoisotopic (exact) mass is 297 g/mol. The molecule has 0 amide bonds. The number of pyridine rings is 1. The lowest BCUT2D eigenvalue weighted by Crippen LogP contribution is -2.36. The number of hydrogen-bond acceptors (Lipinski definition) is 1. The van der Waals surface area contributed by atoms with Gasteiger partial charge in [0.05, 0.1) is 14.3 Å². The van der Waals surface area contributed by atoms with Gasteiger partial charge in [-0.05, 0) is 46.7 Å². The Balaban J connectivity index is 2.07. The molecule has 0 unspecified atom stereocenters. The Morgan fingerprint density at radius 3 is 2.38 bits per heavy atom. The summed E-state index contributed by atoms with van der Waals surface area (Å²) in [6.45, 7) is 9.55. The standard InChI is InChI=1S/C19H27NSi/c1-13(2)21(14(3)4)18-10-6-9-16-11-17(12-20-19(16)18)15-7-5-8-15/h6,9-15,21H,5,7-8H2,1-4H3. The predicted molar refractivity (Wildman–Crippen MR) is 95.3 cm³/mol. The zero-order valence-electron chi connectivity index (χ0n) is 13.8. The summed E-state index contributed by atoms with van der Waals surface area (Å²) < 4.78 is 0. The van der Waals surface area contributed by atoms with Gasteiger partial charge >= 0.3 is 0 Å². The molecule has 1 aliphatic carbocycles. The van der Waals surface area contributed by atoms with Gasteiger partial charge in [-0.25, -0.2) is 0 Å². The quantitative estimate of drug-likeness (QED) is 0.742. The molecule has 0 N–H and O–H groups in total. The highest BCUT2D eigenvalue weighted by atomic mass is 28.3. The molecular formula is C19H27NSi. The number of aromatic nitrogens is 1. The normalized spacial score (nSPS) is 16.1. The van der Waals surface area contributed by atoms with Crippen LogP contribution in [0, 0.1) is 0 Å². The van der Waals surface area contributed by atoms with E-state index in [-0.39, 0.29) is 0 Å². The molecule has 1 nitrogen and oxygen atoms in total. The summed E-state index contributed by atoms with van der Waals surface area (Å²) in [6.07, 6.45) is 6.24. The highest BCUT2D eigenvalue weighted by molar-refractivity contribution is 6.77. The third kappa shape index (κ3) is 2.78. The first-order valence-electron chi connectivity index (χ1n) is 8.46. The molecule has 0 saturated heterocycles. The van der Waals surface area contributed by atoms with Gasteiger partial charge in [-0.15, -0.1) is 0 Å². The second-order valence-electron chi connectivity index (χ2n) is 7.33. The third-order valence-corrected chi connectivity index (χ3v) is 9.19. The van der Waals surface area contributed by atoms with Gasteiger partial charge in [-0.3, -0.25) is 4.98 Å². The zero-order valence-corrected chi connectivity index (χ0v) is 14.9. The van der Waals surface area contributed by atoms with Crippen LogP contribution in [-0.2, 0) is 0 Å². The maximum absolute atomic E-state index is 4.90. The largest absolute Gasteiger partial charge is 0.256 e. The second-order valence-corrected chi connectivity index (χ2v) is 11.7. The van der Waals surface area contributed by atoms with Crippen molar-refractivity contribution in [3.05, 3.63) is 36.0 Å². The van der Waals surface area contributed by atoms with E-state index in [2.05, 4.69) is 58.2 Å². The number of rotatable bonds is 4. The minimum absolute atomic E-state index is 0.772. The molecule has 1 fully saturated rings. The molecule has 1 aliphatic rings. The molecule has 0 aliphatic heterocycles. The van der Waals surface area contributed by atoms with Crippen LogP contribution in [0.2, 0.25) is 11.1 Å². The number of fused-ring (bicyclic) bond motifs is 1. The molecule has 1 aromatic carbocycles. The Kier molecular flexibility index (Phi) is 4.16. The van der Waals surface area contributed by atoms with Crippen LogP contribution >= 0.6 is 0 Å². The van der Waals surface area contributed by atoms with Crippen LogP contribution < -0.4 is 5.19 Å². The van der Waals surface area contributed by atoms with Crippen molar-refractivity contribution in [3.8, 4) is 0 Å². The summed E-state index contributed by atoms with van der Waals surface area (Å²) in [5.41, 5.74) is 4.30. The SMILES string of the molecule is CC(C)[SiH](c1cccc2cc(C3CCC3)cnc12)C(C)C. The number of para-hydroxylation sites is 1. The van der Waals surface area contributed by atoms with Crippen LogP contribution in [0.25, 0.3) is 10.9 Å². The lowest BCUT2D eigenvalue weighted by Gasteiger charge is -2.27. The fraction of sp³-hybridized carbons (Fsp3) is 0.526. The second kappa shape index (κ2) is 5.92. The van der Waals surface area contributed by atoms with Crippen molar-refractivity contribution in [3.63, 3.8) is 0 Å². The Labute approximate surface area is 130 Å². The highest BCUT2D eigenvalue weighted by Crippen LogP contribution is 2.36. The Morgan fingerprint density at radius 2 is 1.81 bits per heavy atom. The topological polar surface area (TPSA) is 12.9 Å². The number of benzene rings is 1. The van der Waals surface area contributed by atoms with Gasteiger partial charge in [0.15, 0.2) is 0 Å². The Morgan fingerprint density at radius 1 is 1.10 bits per heavy atom. The average molecular weight is 298 g/mol. The molecule has 21 heavy (non-hydrogen) atoms. The van der Waals surface area contributed by atoms with Crippen LogP contribution in [0.15, 0.2) is 30.5 Å². The summed E-state index contributed by atoms with van der Waals surface area (Å²) in [4.78, 5) is 4.90.